The van der Waals surface area contributed by atoms with E-state index in [0.717, 1.165) is 25.5 Å². The molecule has 1 amide bonds. The number of aromatic amines is 1. The number of anilines is 2. The number of carbonyl (C=O) groups is 1. The van der Waals surface area contributed by atoms with Gasteiger partial charge in [-0.1, -0.05) is 0 Å². The van der Waals surface area contributed by atoms with Crippen molar-refractivity contribution in [3.8, 4) is 17.0 Å². The Kier molecular flexibility index (Phi) is 7.54. The fraction of sp³-hybridized carbons (Fsp3) is 0.393. The average Bonchev–Trinajstić information content (AvgIpc) is 3.61. The van der Waals surface area contributed by atoms with E-state index in [4.69, 9.17) is 4.74 Å². The highest BCUT2D eigenvalue weighted by Crippen LogP contribution is 2.38. The van der Waals surface area contributed by atoms with E-state index < -0.39 is 34.6 Å². The fourth-order valence-electron chi connectivity index (χ4n) is 4.72. The second-order valence-electron chi connectivity index (χ2n) is 10.4. The normalized spacial score (nSPS) is 17.4. The molecule has 0 radical (unpaired) electrons. The summed E-state index contributed by atoms with van der Waals surface area (Å²) in [5, 5.41) is 2.54. The Morgan fingerprint density at radius 2 is 1.98 bits per heavy atom. The van der Waals surface area contributed by atoms with Crippen LogP contribution < -0.4 is 20.5 Å². The standard InChI is InChI=1S/C28H29F4N5O3/c1-36(2)18-7-8-37(14-18)24-11-22(29)19(17-5-6-26(34-12-17)40-15-16-3-4-16)9-23(24)35-27(39)20-13-33-25(38)10-21(20)28(30,31)32/h5-6,9-13,16,18H,3-4,7-8,14-15H2,1-2H3,(H,33,38)(H,35,39)/t18-/m1/s1. The van der Waals surface area contributed by atoms with Gasteiger partial charge in [-0.05, 0) is 57.5 Å². The number of aromatic nitrogens is 2. The molecule has 1 saturated heterocycles. The van der Waals surface area contributed by atoms with Gasteiger partial charge in [-0.3, -0.25) is 9.59 Å². The van der Waals surface area contributed by atoms with Crippen LogP contribution in [0, 0.1) is 11.7 Å². The summed E-state index contributed by atoms with van der Waals surface area (Å²) >= 11 is 0. The first-order valence-electron chi connectivity index (χ1n) is 12.9. The minimum absolute atomic E-state index is 0.112. The van der Waals surface area contributed by atoms with Crippen LogP contribution in [0.2, 0.25) is 0 Å². The Morgan fingerprint density at radius 3 is 2.60 bits per heavy atom. The predicted octanol–water partition coefficient (Wildman–Crippen LogP) is 4.78. The molecule has 3 aromatic rings. The molecule has 0 bridgehead atoms. The van der Waals surface area contributed by atoms with E-state index in [9.17, 15) is 22.8 Å². The molecule has 2 aromatic heterocycles. The molecule has 0 unspecified atom stereocenters. The zero-order valence-electron chi connectivity index (χ0n) is 22.0. The lowest BCUT2D eigenvalue weighted by Gasteiger charge is -2.25. The van der Waals surface area contributed by atoms with E-state index in [2.05, 4.69) is 15.3 Å². The van der Waals surface area contributed by atoms with Gasteiger partial charge in [-0.2, -0.15) is 13.2 Å². The minimum atomic E-state index is -4.93. The third-order valence-corrected chi connectivity index (χ3v) is 7.25. The molecule has 1 aliphatic carbocycles. The van der Waals surface area contributed by atoms with Gasteiger partial charge in [0.25, 0.3) is 5.91 Å². The number of hydrogen-bond acceptors (Lipinski definition) is 6. The molecule has 1 aromatic carbocycles. The summed E-state index contributed by atoms with van der Waals surface area (Å²) in [6.45, 7) is 1.67. The summed E-state index contributed by atoms with van der Waals surface area (Å²) in [6, 6.07) is 6.45. The van der Waals surface area contributed by atoms with Crippen molar-refractivity contribution in [2.24, 2.45) is 5.92 Å². The number of halogens is 4. The number of rotatable bonds is 8. The molecule has 1 aliphatic heterocycles. The number of hydrogen-bond donors (Lipinski definition) is 2. The van der Waals surface area contributed by atoms with Gasteiger partial charge in [-0.15, -0.1) is 0 Å². The second-order valence-corrected chi connectivity index (χ2v) is 10.4. The molecule has 2 N–H and O–H groups in total. The molecule has 212 valence electrons. The maximum atomic E-state index is 15.5. The van der Waals surface area contributed by atoms with Crippen LogP contribution in [0.25, 0.3) is 11.1 Å². The maximum absolute atomic E-state index is 15.5. The quantitative estimate of drug-likeness (QED) is 0.387. The van der Waals surface area contributed by atoms with Crippen molar-refractivity contribution in [3.63, 3.8) is 0 Å². The molecule has 1 atom stereocenters. The Labute approximate surface area is 228 Å². The minimum Gasteiger partial charge on any atom is -0.477 e. The van der Waals surface area contributed by atoms with Crippen molar-refractivity contribution in [2.45, 2.75) is 31.5 Å². The van der Waals surface area contributed by atoms with Crippen LogP contribution in [0.15, 0.2) is 47.5 Å². The first-order chi connectivity index (χ1) is 19.0. The fourth-order valence-corrected chi connectivity index (χ4v) is 4.72. The third kappa shape index (κ3) is 6.11. The van der Waals surface area contributed by atoms with Gasteiger partial charge in [0.05, 0.1) is 29.1 Å². The summed E-state index contributed by atoms with van der Waals surface area (Å²) in [5.41, 5.74) is -2.11. The van der Waals surface area contributed by atoms with E-state index in [1.54, 1.807) is 12.1 Å². The number of pyridine rings is 2. The molecule has 2 fully saturated rings. The Balaban J connectivity index is 1.50. The van der Waals surface area contributed by atoms with Crippen LogP contribution in [0.3, 0.4) is 0 Å². The van der Waals surface area contributed by atoms with E-state index in [-0.39, 0.29) is 17.3 Å². The molecule has 1 saturated carbocycles. The van der Waals surface area contributed by atoms with Gasteiger partial charge < -0.3 is 24.8 Å². The van der Waals surface area contributed by atoms with Gasteiger partial charge in [0.1, 0.15) is 5.82 Å². The third-order valence-electron chi connectivity index (χ3n) is 7.25. The number of alkyl halides is 3. The van der Waals surface area contributed by atoms with Crippen LogP contribution in [-0.4, -0.2) is 60.6 Å². The number of benzene rings is 1. The predicted molar refractivity (Wildman–Crippen MR) is 142 cm³/mol. The number of ether oxygens (including phenoxy) is 1. The molecule has 5 rings (SSSR count). The van der Waals surface area contributed by atoms with Crippen molar-refractivity contribution >= 4 is 17.3 Å². The van der Waals surface area contributed by atoms with Crippen molar-refractivity contribution < 1.29 is 27.1 Å². The Morgan fingerprint density at radius 1 is 1.20 bits per heavy atom. The van der Waals surface area contributed by atoms with Gasteiger partial charge >= 0.3 is 6.18 Å². The molecule has 12 heteroatoms. The first-order valence-corrected chi connectivity index (χ1v) is 12.9. The van der Waals surface area contributed by atoms with E-state index in [1.807, 2.05) is 23.9 Å². The maximum Gasteiger partial charge on any atom is 0.417 e. The number of nitrogens with one attached hydrogen (secondary N) is 2. The van der Waals surface area contributed by atoms with Crippen LogP contribution in [0.1, 0.15) is 35.2 Å². The first kappa shape index (κ1) is 27.6. The topological polar surface area (TPSA) is 90.6 Å². The summed E-state index contributed by atoms with van der Waals surface area (Å²) in [6.07, 6.45) is 0.287. The van der Waals surface area contributed by atoms with Gasteiger partial charge in [0.15, 0.2) is 0 Å². The number of H-pyrrole nitrogens is 1. The largest absolute Gasteiger partial charge is 0.477 e. The zero-order valence-corrected chi connectivity index (χ0v) is 22.0. The lowest BCUT2D eigenvalue weighted by molar-refractivity contribution is -0.138. The zero-order chi connectivity index (χ0) is 28.6. The number of likely N-dealkylation sites (N-methyl/N-ethyl adjacent to an activating group) is 1. The number of nitrogens with zero attached hydrogens (tertiary/aromatic N) is 3. The van der Waals surface area contributed by atoms with E-state index >= 15 is 4.39 Å². The molecule has 0 spiro atoms. The second kappa shape index (κ2) is 10.9. The molecule has 3 heterocycles. The van der Waals surface area contributed by atoms with Gasteiger partial charge in [0, 0.05) is 54.8 Å². The molecule has 40 heavy (non-hydrogen) atoms. The van der Waals surface area contributed by atoms with Crippen LogP contribution in [0.5, 0.6) is 5.88 Å². The van der Waals surface area contributed by atoms with E-state index in [1.165, 1.54) is 18.3 Å². The molecule has 2 aliphatic rings. The Bertz CT molecular complexity index is 1450. The van der Waals surface area contributed by atoms with Gasteiger partial charge in [0.2, 0.25) is 11.4 Å². The lowest BCUT2D eigenvalue weighted by Crippen LogP contribution is -2.32. The monoisotopic (exact) mass is 559 g/mol. The van der Waals surface area contributed by atoms with Crippen molar-refractivity contribution in [2.75, 3.05) is 44.0 Å². The molecule has 8 nitrogen and oxygen atoms in total. The van der Waals surface area contributed by atoms with Crippen LogP contribution >= 0.6 is 0 Å². The Hall–Kier alpha value is -3.93. The SMILES string of the molecule is CN(C)[C@@H]1CCN(c2cc(F)c(-c3ccc(OCC4CC4)nc3)cc2NC(=O)c2c[nH]c(=O)cc2C(F)(F)F)C1. The van der Waals surface area contributed by atoms with Gasteiger partial charge in [-0.25, -0.2) is 9.37 Å². The van der Waals surface area contributed by atoms with Crippen molar-refractivity contribution in [1.82, 2.24) is 14.9 Å². The molecular weight excluding hydrogens is 530 g/mol. The highest BCUT2D eigenvalue weighted by molar-refractivity contribution is 6.07. The average molecular weight is 560 g/mol. The smallest absolute Gasteiger partial charge is 0.417 e. The van der Waals surface area contributed by atoms with Crippen LogP contribution in [-0.2, 0) is 6.18 Å². The molecular formula is C28H29F4N5O3. The lowest BCUT2D eigenvalue weighted by atomic mass is 10.0. The summed E-state index contributed by atoms with van der Waals surface area (Å²) in [5.74, 6) is -0.719. The summed E-state index contributed by atoms with van der Waals surface area (Å²) < 4.78 is 62.1. The highest BCUT2D eigenvalue weighted by Gasteiger charge is 2.36. The number of amides is 1. The van der Waals surface area contributed by atoms with Crippen molar-refractivity contribution in [1.29, 1.82) is 0 Å². The van der Waals surface area contributed by atoms with E-state index in [0.29, 0.717) is 48.8 Å². The summed E-state index contributed by atoms with van der Waals surface area (Å²) in [7, 11) is 3.86. The van der Waals surface area contributed by atoms with Crippen molar-refractivity contribution in [3.05, 3.63) is 70.0 Å². The highest BCUT2D eigenvalue weighted by atomic mass is 19.4. The summed E-state index contributed by atoms with van der Waals surface area (Å²) in [4.78, 5) is 35.0. The number of carbonyl (C=O) groups excluding carboxylic acids is 1. The van der Waals surface area contributed by atoms with Crippen LogP contribution in [0.4, 0.5) is 28.9 Å².